The number of benzene rings is 1. The van der Waals surface area contributed by atoms with Crippen LogP contribution in [0.5, 0.6) is 0 Å². The second kappa shape index (κ2) is 5.08. The van der Waals surface area contributed by atoms with Crippen molar-refractivity contribution in [1.29, 1.82) is 0 Å². The number of non-ortho nitro benzene ring substituents is 1. The largest absolute Gasteiger partial charge is 0.478 e. The van der Waals surface area contributed by atoms with Gasteiger partial charge in [-0.2, -0.15) is 5.10 Å². The van der Waals surface area contributed by atoms with Gasteiger partial charge in [0.1, 0.15) is 12.7 Å². The number of nitro benzene ring substituents is 1. The molecule has 2 rings (SSSR count). The normalized spacial score (nSPS) is 10.7. The molecule has 0 aliphatic heterocycles. The molecule has 19 heavy (non-hydrogen) atoms. The van der Waals surface area contributed by atoms with E-state index in [4.69, 9.17) is 5.11 Å². The minimum Gasteiger partial charge on any atom is -0.478 e. The van der Waals surface area contributed by atoms with Crippen LogP contribution in [0.2, 0.25) is 0 Å². The van der Waals surface area contributed by atoms with Crippen molar-refractivity contribution >= 4 is 17.7 Å². The number of carboxylic acid groups (broad SMARTS) is 1. The summed E-state index contributed by atoms with van der Waals surface area (Å²) in [7, 11) is 0. The average Bonchev–Trinajstić information content (AvgIpc) is 2.89. The monoisotopic (exact) mass is 260 g/mol. The van der Waals surface area contributed by atoms with Gasteiger partial charge in [-0.15, -0.1) is 0 Å². The van der Waals surface area contributed by atoms with E-state index in [1.807, 2.05) is 0 Å². The quantitative estimate of drug-likeness (QED) is 0.503. The molecule has 0 saturated carbocycles. The van der Waals surface area contributed by atoms with E-state index >= 15 is 0 Å². The minimum atomic E-state index is -1.14. The van der Waals surface area contributed by atoms with Crippen LogP contribution in [0.1, 0.15) is 5.56 Å². The number of aromatic nitrogens is 3. The molecule has 0 amide bonds. The number of rotatable bonds is 4. The molecule has 0 atom stereocenters. The highest BCUT2D eigenvalue weighted by Crippen LogP contribution is 2.21. The van der Waals surface area contributed by atoms with Gasteiger partial charge in [-0.3, -0.25) is 10.1 Å². The van der Waals surface area contributed by atoms with Gasteiger partial charge >= 0.3 is 5.97 Å². The molecule has 0 unspecified atom stereocenters. The minimum absolute atomic E-state index is 0.131. The highest BCUT2D eigenvalue weighted by atomic mass is 16.6. The van der Waals surface area contributed by atoms with Crippen molar-refractivity contribution in [2.75, 3.05) is 0 Å². The Balaban J connectivity index is 2.53. The summed E-state index contributed by atoms with van der Waals surface area (Å²) < 4.78 is 1.39. The van der Waals surface area contributed by atoms with Crippen LogP contribution in [0.25, 0.3) is 11.8 Å². The van der Waals surface area contributed by atoms with Gasteiger partial charge in [0.05, 0.1) is 10.6 Å². The number of aliphatic carboxylic acids is 1. The molecule has 0 spiro atoms. The molecule has 8 heteroatoms. The van der Waals surface area contributed by atoms with Gasteiger partial charge in [0.25, 0.3) is 5.69 Å². The lowest BCUT2D eigenvalue weighted by molar-refractivity contribution is -0.384. The van der Waals surface area contributed by atoms with Crippen LogP contribution in [-0.2, 0) is 4.79 Å². The first-order valence-corrected chi connectivity index (χ1v) is 5.12. The summed E-state index contributed by atoms with van der Waals surface area (Å²) in [6, 6.07) is 4.07. The summed E-state index contributed by atoms with van der Waals surface area (Å²) in [4.78, 5) is 24.5. The molecule has 8 nitrogen and oxygen atoms in total. The van der Waals surface area contributed by atoms with Crippen molar-refractivity contribution in [3.8, 4) is 5.69 Å². The van der Waals surface area contributed by atoms with Gasteiger partial charge in [0.2, 0.25) is 0 Å². The summed E-state index contributed by atoms with van der Waals surface area (Å²) in [5.74, 6) is -1.14. The molecule has 1 aromatic carbocycles. The molecule has 1 N–H and O–H groups in total. The molecule has 0 aliphatic carbocycles. The van der Waals surface area contributed by atoms with Crippen LogP contribution in [0, 0.1) is 10.1 Å². The number of nitro groups is 1. The number of hydrogen-bond acceptors (Lipinski definition) is 5. The Hall–Kier alpha value is -3.03. The standard InChI is InChI=1S/C11H8N4O4/c16-11(17)4-1-8-5-9(15(18)19)2-3-10(8)14-7-12-6-13-14/h1-7H,(H,16,17)/b4-1+. The summed E-state index contributed by atoms with van der Waals surface area (Å²) >= 11 is 0. The maximum atomic E-state index is 10.7. The van der Waals surface area contributed by atoms with Crippen LogP contribution < -0.4 is 0 Å². The summed E-state index contributed by atoms with van der Waals surface area (Å²) in [5.41, 5.74) is 0.733. The SMILES string of the molecule is O=C(O)/C=C/c1cc([N+](=O)[O-])ccc1-n1cncn1. The second-order valence-electron chi connectivity index (χ2n) is 3.51. The number of carbonyl (C=O) groups is 1. The van der Waals surface area contributed by atoms with Crippen LogP contribution in [-0.4, -0.2) is 30.8 Å². The molecule has 2 aromatic rings. The fourth-order valence-corrected chi connectivity index (χ4v) is 1.49. The van der Waals surface area contributed by atoms with Gasteiger partial charge in [0, 0.05) is 23.8 Å². The first kappa shape index (κ1) is 12.4. The smallest absolute Gasteiger partial charge is 0.328 e. The van der Waals surface area contributed by atoms with E-state index in [-0.39, 0.29) is 5.69 Å². The molecule has 0 fully saturated rings. The molecule has 0 radical (unpaired) electrons. The molecule has 0 saturated heterocycles. The van der Waals surface area contributed by atoms with Crippen LogP contribution >= 0.6 is 0 Å². The van der Waals surface area contributed by atoms with E-state index in [1.165, 1.54) is 41.6 Å². The Morgan fingerprint density at radius 1 is 1.47 bits per heavy atom. The lowest BCUT2D eigenvalue weighted by atomic mass is 10.1. The Kier molecular flexibility index (Phi) is 3.33. The first-order chi connectivity index (χ1) is 9.08. The van der Waals surface area contributed by atoms with E-state index in [9.17, 15) is 14.9 Å². The van der Waals surface area contributed by atoms with Gasteiger partial charge in [-0.05, 0) is 12.1 Å². The zero-order valence-electron chi connectivity index (χ0n) is 9.50. The van der Waals surface area contributed by atoms with Gasteiger partial charge < -0.3 is 5.11 Å². The van der Waals surface area contributed by atoms with Crippen LogP contribution in [0.3, 0.4) is 0 Å². The lowest BCUT2D eigenvalue weighted by Gasteiger charge is -2.05. The van der Waals surface area contributed by atoms with Crippen LogP contribution in [0.4, 0.5) is 5.69 Å². The zero-order valence-corrected chi connectivity index (χ0v) is 9.50. The predicted molar refractivity (Wildman–Crippen MR) is 64.7 cm³/mol. The molecular formula is C11H8N4O4. The maximum absolute atomic E-state index is 10.7. The number of nitrogens with zero attached hydrogens (tertiary/aromatic N) is 4. The van der Waals surface area contributed by atoms with E-state index in [1.54, 1.807) is 0 Å². The maximum Gasteiger partial charge on any atom is 0.328 e. The third-order valence-corrected chi connectivity index (χ3v) is 2.29. The van der Waals surface area contributed by atoms with Crippen molar-refractivity contribution in [2.45, 2.75) is 0 Å². The van der Waals surface area contributed by atoms with Crippen LogP contribution in [0.15, 0.2) is 36.9 Å². The topological polar surface area (TPSA) is 111 Å². The fourth-order valence-electron chi connectivity index (χ4n) is 1.49. The summed E-state index contributed by atoms with van der Waals surface area (Å²) in [6.07, 6.45) is 4.90. The summed E-state index contributed by atoms with van der Waals surface area (Å²) in [5, 5.41) is 23.2. The van der Waals surface area contributed by atoms with Gasteiger partial charge in [-0.1, -0.05) is 0 Å². The fraction of sp³-hybridized carbons (Fsp3) is 0. The van der Waals surface area contributed by atoms with Crippen molar-refractivity contribution < 1.29 is 14.8 Å². The Bertz CT molecular complexity index is 649. The molecule has 1 aromatic heterocycles. The van der Waals surface area contributed by atoms with Crippen molar-refractivity contribution in [3.05, 3.63) is 52.6 Å². The third kappa shape index (κ3) is 2.80. The third-order valence-electron chi connectivity index (χ3n) is 2.29. The predicted octanol–water partition coefficient (Wildman–Crippen LogP) is 1.27. The first-order valence-electron chi connectivity index (χ1n) is 5.12. The van der Waals surface area contributed by atoms with Crippen molar-refractivity contribution in [2.24, 2.45) is 0 Å². The molecular weight excluding hydrogens is 252 g/mol. The van der Waals surface area contributed by atoms with E-state index in [0.717, 1.165) is 6.08 Å². The molecule has 0 bridgehead atoms. The van der Waals surface area contributed by atoms with Gasteiger partial charge in [0.15, 0.2) is 0 Å². The van der Waals surface area contributed by atoms with Gasteiger partial charge in [-0.25, -0.2) is 14.5 Å². The molecule has 1 heterocycles. The van der Waals surface area contributed by atoms with E-state index < -0.39 is 10.9 Å². The molecule has 0 aliphatic rings. The highest BCUT2D eigenvalue weighted by Gasteiger charge is 2.11. The Morgan fingerprint density at radius 3 is 2.84 bits per heavy atom. The van der Waals surface area contributed by atoms with Crippen molar-refractivity contribution in [1.82, 2.24) is 14.8 Å². The highest BCUT2D eigenvalue weighted by molar-refractivity contribution is 5.86. The number of carboxylic acids is 1. The Labute approximate surface area is 106 Å². The zero-order chi connectivity index (χ0) is 13.8. The lowest BCUT2D eigenvalue weighted by Crippen LogP contribution is -1.99. The van der Waals surface area contributed by atoms with E-state index in [2.05, 4.69) is 10.1 Å². The van der Waals surface area contributed by atoms with Crippen molar-refractivity contribution in [3.63, 3.8) is 0 Å². The Morgan fingerprint density at radius 2 is 2.26 bits per heavy atom. The molecule has 96 valence electrons. The van der Waals surface area contributed by atoms with E-state index in [0.29, 0.717) is 11.3 Å². The second-order valence-corrected chi connectivity index (χ2v) is 3.51. The number of hydrogen-bond donors (Lipinski definition) is 1. The average molecular weight is 260 g/mol. The summed E-state index contributed by atoms with van der Waals surface area (Å²) in [6.45, 7) is 0.